The van der Waals surface area contributed by atoms with E-state index in [1.54, 1.807) is 0 Å². The second-order valence-corrected chi connectivity index (χ2v) is 8.99. The molecule has 0 aromatic heterocycles. The Morgan fingerprint density at radius 1 is 0.783 bits per heavy atom. The van der Waals surface area contributed by atoms with Gasteiger partial charge < -0.3 is 0 Å². The molecular formula is C22H38O. The van der Waals surface area contributed by atoms with E-state index in [9.17, 15) is 4.79 Å². The van der Waals surface area contributed by atoms with Gasteiger partial charge in [-0.15, -0.1) is 0 Å². The van der Waals surface area contributed by atoms with Crippen LogP contribution in [0, 0.1) is 29.6 Å². The summed E-state index contributed by atoms with van der Waals surface area (Å²) < 4.78 is 0. The number of hydrogen-bond acceptors (Lipinski definition) is 1. The third-order valence-corrected chi connectivity index (χ3v) is 7.53. The topological polar surface area (TPSA) is 17.1 Å². The van der Waals surface area contributed by atoms with E-state index < -0.39 is 0 Å². The molecule has 0 aromatic carbocycles. The predicted molar refractivity (Wildman–Crippen MR) is 97.4 cm³/mol. The van der Waals surface area contributed by atoms with Gasteiger partial charge in [0.15, 0.2) is 0 Å². The molecule has 3 aliphatic rings. The molecule has 3 aliphatic carbocycles. The van der Waals surface area contributed by atoms with E-state index in [1.165, 1.54) is 83.5 Å². The molecule has 0 spiro atoms. The zero-order chi connectivity index (χ0) is 16.1. The summed E-state index contributed by atoms with van der Waals surface area (Å²) in [5.74, 6) is 5.31. The van der Waals surface area contributed by atoms with Crippen molar-refractivity contribution >= 4 is 5.78 Å². The molecule has 3 fully saturated rings. The fourth-order valence-electron chi connectivity index (χ4n) is 5.99. The van der Waals surface area contributed by atoms with Gasteiger partial charge in [0.05, 0.1) is 0 Å². The van der Waals surface area contributed by atoms with Crippen LogP contribution in [-0.2, 0) is 4.79 Å². The Hall–Kier alpha value is -0.330. The third-order valence-electron chi connectivity index (χ3n) is 7.53. The van der Waals surface area contributed by atoms with Crippen LogP contribution in [-0.4, -0.2) is 5.78 Å². The number of Topliss-reactive ketones (excluding diaryl/α,β-unsaturated/α-hetero) is 1. The van der Waals surface area contributed by atoms with E-state index in [0.29, 0.717) is 5.78 Å². The molecule has 1 heteroatoms. The Balaban J connectivity index is 1.38. The molecule has 3 rings (SSSR count). The van der Waals surface area contributed by atoms with Gasteiger partial charge in [0.1, 0.15) is 5.78 Å². The van der Waals surface area contributed by atoms with Crippen molar-refractivity contribution in [1.29, 1.82) is 0 Å². The quantitative estimate of drug-likeness (QED) is 0.562. The first-order valence-corrected chi connectivity index (χ1v) is 10.8. The van der Waals surface area contributed by atoms with Crippen LogP contribution in [0.2, 0.25) is 0 Å². The first kappa shape index (κ1) is 17.5. The van der Waals surface area contributed by atoms with Crippen LogP contribution in [0.4, 0.5) is 0 Å². The fraction of sp³-hybridized carbons (Fsp3) is 0.955. The van der Waals surface area contributed by atoms with Crippen LogP contribution in [0.5, 0.6) is 0 Å². The molecule has 0 amide bonds. The maximum absolute atomic E-state index is 11.7. The van der Waals surface area contributed by atoms with Crippen molar-refractivity contribution in [1.82, 2.24) is 0 Å². The summed E-state index contributed by atoms with van der Waals surface area (Å²) in [6, 6.07) is 0. The van der Waals surface area contributed by atoms with Gasteiger partial charge >= 0.3 is 0 Å². The Morgan fingerprint density at radius 3 is 1.91 bits per heavy atom. The molecule has 0 saturated heterocycles. The number of carbonyl (C=O) groups excluding carboxylic acids is 1. The minimum Gasteiger partial charge on any atom is -0.300 e. The molecule has 0 aliphatic heterocycles. The first-order valence-electron chi connectivity index (χ1n) is 10.8. The van der Waals surface area contributed by atoms with Gasteiger partial charge in [-0.1, -0.05) is 39.0 Å². The molecule has 0 bridgehead atoms. The summed E-state index contributed by atoms with van der Waals surface area (Å²) >= 11 is 0. The van der Waals surface area contributed by atoms with E-state index in [1.807, 2.05) is 0 Å². The van der Waals surface area contributed by atoms with Crippen LogP contribution in [0.25, 0.3) is 0 Å². The van der Waals surface area contributed by atoms with Crippen LogP contribution >= 0.6 is 0 Å². The summed E-state index contributed by atoms with van der Waals surface area (Å²) in [5.41, 5.74) is 0. The first-order chi connectivity index (χ1) is 11.3. The van der Waals surface area contributed by atoms with Gasteiger partial charge in [-0.2, -0.15) is 0 Å². The highest BCUT2D eigenvalue weighted by molar-refractivity contribution is 5.79. The van der Waals surface area contributed by atoms with Crippen molar-refractivity contribution in [2.45, 2.75) is 103 Å². The van der Waals surface area contributed by atoms with Crippen LogP contribution < -0.4 is 0 Å². The van der Waals surface area contributed by atoms with E-state index in [-0.39, 0.29) is 0 Å². The summed E-state index contributed by atoms with van der Waals surface area (Å²) in [5, 5.41) is 0. The lowest BCUT2D eigenvalue weighted by molar-refractivity contribution is -0.122. The molecule has 1 nitrogen and oxygen atoms in total. The summed E-state index contributed by atoms with van der Waals surface area (Å²) in [6.45, 7) is 2.32. The Kier molecular flexibility index (Phi) is 6.60. The average molecular weight is 319 g/mol. The van der Waals surface area contributed by atoms with Gasteiger partial charge in [-0.3, -0.25) is 4.79 Å². The monoisotopic (exact) mass is 318 g/mol. The van der Waals surface area contributed by atoms with Crippen molar-refractivity contribution in [3.8, 4) is 0 Å². The molecule has 1 atom stereocenters. The average Bonchev–Trinajstić information content (AvgIpc) is 2.61. The molecule has 3 saturated carbocycles. The standard InChI is InChI=1S/C22H38O/c1-2-3-5-17-8-10-18(11-9-17)19-12-14-20(15-13-19)21-6-4-7-22(23)16-21/h17-21H,2-16H2,1H3/t17-,18-,19-,20-,21?. The van der Waals surface area contributed by atoms with E-state index in [4.69, 9.17) is 0 Å². The molecule has 132 valence electrons. The Bertz CT molecular complexity index is 358. The minimum atomic E-state index is 0.550. The lowest BCUT2D eigenvalue weighted by Gasteiger charge is -2.40. The van der Waals surface area contributed by atoms with E-state index in [0.717, 1.165) is 42.4 Å². The molecule has 0 heterocycles. The van der Waals surface area contributed by atoms with Crippen LogP contribution in [0.15, 0.2) is 0 Å². The zero-order valence-corrected chi connectivity index (χ0v) is 15.4. The van der Waals surface area contributed by atoms with Crippen LogP contribution in [0.1, 0.15) is 103 Å². The lowest BCUT2D eigenvalue weighted by atomic mass is 9.65. The molecule has 0 radical (unpaired) electrons. The fourth-order valence-corrected chi connectivity index (χ4v) is 5.99. The Labute approximate surface area is 144 Å². The number of hydrogen-bond donors (Lipinski definition) is 0. The SMILES string of the molecule is CCCC[C@H]1CC[C@H]([C@H]2CC[C@H](C3CCCC(=O)C3)CC2)CC1. The zero-order valence-electron chi connectivity index (χ0n) is 15.4. The highest BCUT2D eigenvalue weighted by Crippen LogP contribution is 2.45. The number of ketones is 1. The highest BCUT2D eigenvalue weighted by Gasteiger charge is 2.34. The van der Waals surface area contributed by atoms with Gasteiger partial charge in [0.25, 0.3) is 0 Å². The van der Waals surface area contributed by atoms with Crippen molar-refractivity contribution in [2.24, 2.45) is 29.6 Å². The second-order valence-electron chi connectivity index (χ2n) is 8.99. The summed E-state index contributed by atoms with van der Waals surface area (Å²) in [7, 11) is 0. The van der Waals surface area contributed by atoms with Crippen molar-refractivity contribution in [2.75, 3.05) is 0 Å². The smallest absolute Gasteiger partial charge is 0.133 e. The van der Waals surface area contributed by atoms with Crippen molar-refractivity contribution in [3.63, 3.8) is 0 Å². The third kappa shape index (κ3) is 4.83. The Morgan fingerprint density at radius 2 is 1.35 bits per heavy atom. The second kappa shape index (κ2) is 8.67. The van der Waals surface area contributed by atoms with Gasteiger partial charge in [0, 0.05) is 12.8 Å². The maximum Gasteiger partial charge on any atom is 0.133 e. The number of carbonyl (C=O) groups is 1. The lowest BCUT2D eigenvalue weighted by Crippen LogP contribution is -2.30. The van der Waals surface area contributed by atoms with E-state index in [2.05, 4.69) is 6.92 Å². The summed E-state index contributed by atoms with van der Waals surface area (Å²) in [6.07, 6.45) is 20.5. The normalized spacial score (nSPS) is 39.3. The molecule has 1 unspecified atom stereocenters. The number of unbranched alkanes of at least 4 members (excludes halogenated alkanes) is 1. The van der Waals surface area contributed by atoms with Gasteiger partial charge in [-0.05, 0) is 81.0 Å². The summed E-state index contributed by atoms with van der Waals surface area (Å²) in [4.78, 5) is 11.7. The van der Waals surface area contributed by atoms with E-state index >= 15 is 0 Å². The predicted octanol–water partition coefficient (Wildman–Crippen LogP) is 6.55. The maximum atomic E-state index is 11.7. The minimum absolute atomic E-state index is 0.550. The molecule has 0 N–H and O–H groups in total. The van der Waals surface area contributed by atoms with Gasteiger partial charge in [0.2, 0.25) is 0 Å². The van der Waals surface area contributed by atoms with Crippen LogP contribution in [0.3, 0.4) is 0 Å². The highest BCUT2D eigenvalue weighted by atomic mass is 16.1. The molecule has 0 aromatic rings. The van der Waals surface area contributed by atoms with Crippen molar-refractivity contribution < 1.29 is 4.79 Å². The number of rotatable bonds is 5. The van der Waals surface area contributed by atoms with Crippen molar-refractivity contribution in [3.05, 3.63) is 0 Å². The largest absolute Gasteiger partial charge is 0.300 e. The van der Waals surface area contributed by atoms with Gasteiger partial charge in [-0.25, -0.2) is 0 Å². The molecular weight excluding hydrogens is 280 g/mol. The molecule has 23 heavy (non-hydrogen) atoms.